The van der Waals surface area contributed by atoms with Crippen molar-refractivity contribution in [3.05, 3.63) is 11.1 Å². The number of nitrogens with two attached hydrogens (primary N) is 1. The topological polar surface area (TPSA) is 97.1 Å². The minimum Gasteiger partial charge on any atom is -0.349 e. The highest BCUT2D eigenvalue weighted by Gasteiger charge is 2.26. The van der Waals surface area contributed by atoms with Crippen LogP contribution >= 0.6 is 36.2 Å². The molecule has 1 aromatic rings. The number of nitrogens with one attached hydrogen (secondary N) is 2. The monoisotopic (exact) mass is 398 g/mol. The van der Waals surface area contributed by atoms with Crippen LogP contribution in [0.4, 0.5) is 5.13 Å². The maximum absolute atomic E-state index is 12.2. The number of halogens is 2. The van der Waals surface area contributed by atoms with E-state index in [0.717, 1.165) is 12.8 Å². The van der Waals surface area contributed by atoms with E-state index in [0.29, 0.717) is 17.4 Å². The third kappa shape index (κ3) is 7.34. The van der Waals surface area contributed by atoms with Crippen molar-refractivity contribution in [3.63, 3.8) is 0 Å². The predicted octanol–water partition coefficient (Wildman–Crippen LogP) is 2.76. The summed E-state index contributed by atoms with van der Waals surface area (Å²) in [6.07, 6.45) is 1.77. The van der Waals surface area contributed by atoms with E-state index in [2.05, 4.69) is 15.6 Å². The molecule has 0 aliphatic carbocycles. The average Bonchev–Trinajstić information content (AvgIpc) is 2.91. The molecule has 24 heavy (non-hydrogen) atoms. The fraction of sp³-hybridized carbons (Fsp3) is 0.667. The van der Waals surface area contributed by atoms with Crippen molar-refractivity contribution in [3.8, 4) is 0 Å². The van der Waals surface area contributed by atoms with Crippen molar-refractivity contribution in [1.29, 1.82) is 0 Å². The summed E-state index contributed by atoms with van der Waals surface area (Å²) < 4.78 is 0. The molecule has 9 heteroatoms. The molecule has 6 nitrogen and oxygen atoms in total. The Morgan fingerprint density at radius 3 is 2.33 bits per heavy atom. The highest BCUT2D eigenvalue weighted by atomic mass is 35.5. The fourth-order valence-electron chi connectivity index (χ4n) is 1.97. The van der Waals surface area contributed by atoms with Gasteiger partial charge < -0.3 is 16.4 Å². The van der Waals surface area contributed by atoms with Crippen molar-refractivity contribution >= 4 is 53.1 Å². The molecule has 2 amide bonds. The smallest absolute Gasteiger partial charge is 0.228 e. The summed E-state index contributed by atoms with van der Waals surface area (Å²) in [5, 5.41) is 8.06. The van der Waals surface area contributed by atoms with Crippen molar-refractivity contribution in [1.82, 2.24) is 10.3 Å². The molecule has 0 fully saturated rings. The molecular weight excluding hydrogens is 371 g/mol. The van der Waals surface area contributed by atoms with E-state index >= 15 is 0 Å². The van der Waals surface area contributed by atoms with Crippen LogP contribution in [0.15, 0.2) is 5.38 Å². The lowest BCUT2D eigenvalue weighted by molar-refractivity contribution is -0.122. The van der Waals surface area contributed by atoms with E-state index < -0.39 is 0 Å². The second-order valence-electron chi connectivity index (χ2n) is 5.70. The molecule has 0 saturated carbocycles. The quantitative estimate of drug-likeness (QED) is 0.626. The zero-order valence-electron chi connectivity index (χ0n) is 14.5. The number of amides is 2. The second kappa shape index (κ2) is 11.6. The molecule has 0 saturated heterocycles. The molecule has 0 spiro atoms. The lowest BCUT2D eigenvalue weighted by Crippen LogP contribution is -2.53. The molecule has 0 unspecified atom stereocenters. The van der Waals surface area contributed by atoms with Crippen LogP contribution in [-0.4, -0.2) is 28.9 Å². The number of rotatable bonds is 8. The SMILES string of the molecule is CCC(CC)(CN)NC(=O)Cc1csc(NC(=O)C(C)C)n1.Cl.Cl. The molecule has 0 aliphatic heterocycles. The van der Waals surface area contributed by atoms with E-state index in [1.54, 1.807) is 5.38 Å². The van der Waals surface area contributed by atoms with Gasteiger partial charge in [-0.1, -0.05) is 27.7 Å². The first kappa shape index (κ1) is 25.4. The number of carbonyl (C=O) groups excluding carboxylic acids is 2. The van der Waals surface area contributed by atoms with Gasteiger partial charge in [-0.15, -0.1) is 36.2 Å². The van der Waals surface area contributed by atoms with Gasteiger partial charge in [0.1, 0.15) is 0 Å². The Bertz CT molecular complexity index is 511. The normalized spacial score (nSPS) is 10.6. The second-order valence-corrected chi connectivity index (χ2v) is 6.56. The van der Waals surface area contributed by atoms with E-state index in [4.69, 9.17) is 5.73 Å². The highest BCUT2D eigenvalue weighted by molar-refractivity contribution is 7.13. The highest BCUT2D eigenvalue weighted by Crippen LogP contribution is 2.18. The summed E-state index contributed by atoms with van der Waals surface area (Å²) in [6.45, 7) is 8.08. The van der Waals surface area contributed by atoms with E-state index in [-0.39, 0.29) is 54.5 Å². The summed E-state index contributed by atoms with van der Waals surface area (Å²) >= 11 is 1.32. The van der Waals surface area contributed by atoms with Crippen LogP contribution in [-0.2, 0) is 16.0 Å². The van der Waals surface area contributed by atoms with Crippen LogP contribution in [0.5, 0.6) is 0 Å². The third-order valence-electron chi connectivity index (χ3n) is 3.80. The van der Waals surface area contributed by atoms with Crippen LogP contribution in [0.2, 0.25) is 0 Å². The molecule has 1 rings (SSSR count). The average molecular weight is 399 g/mol. The van der Waals surface area contributed by atoms with Gasteiger partial charge in [0.05, 0.1) is 17.7 Å². The Kier molecular flexibility index (Phi) is 12.3. The van der Waals surface area contributed by atoms with Crippen LogP contribution in [0, 0.1) is 5.92 Å². The Morgan fingerprint density at radius 2 is 1.88 bits per heavy atom. The first-order valence-electron chi connectivity index (χ1n) is 7.62. The largest absolute Gasteiger partial charge is 0.349 e. The van der Waals surface area contributed by atoms with Crippen molar-refractivity contribution in [2.75, 3.05) is 11.9 Å². The molecule has 0 bridgehead atoms. The summed E-state index contributed by atoms with van der Waals surface area (Å²) in [5.41, 5.74) is 6.09. The predicted molar refractivity (Wildman–Crippen MR) is 104 cm³/mol. The maximum Gasteiger partial charge on any atom is 0.228 e. The Morgan fingerprint density at radius 1 is 1.29 bits per heavy atom. The number of hydrogen-bond donors (Lipinski definition) is 3. The summed E-state index contributed by atoms with van der Waals surface area (Å²) in [5.74, 6) is -0.277. The number of thiazole rings is 1. The van der Waals surface area contributed by atoms with E-state index in [1.807, 2.05) is 27.7 Å². The maximum atomic E-state index is 12.2. The van der Waals surface area contributed by atoms with Crippen molar-refractivity contribution in [2.45, 2.75) is 52.5 Å². The molecule has 1 heterocycles. The molecular formula is C15H28Cl2N4O2S. The lowest BCUT2D eigenvalue weighted by atomic mass is 9.92. The van der Waals surface area contributed by atoms with Gasteiger partial charge in [0.15, 0.2) is 5.13 Å². The molecule has 0 aliphatic rings. The van der Waals surface area contributed by atoms with Gasteiger partial charge >= 0.3 is 0 Å². The number of anilines is 1. The van der Waals surface area contributed by atoms with Crippen molar-refractivity contribution < 1.29 is 9.59 Å². The standard InChI is InChI=1S/C15H26N4O2S.2ClH/c1-5-15(6-2,9-16)19-12(20)7-11-8-22-14(17-11)18-13(21)10(3)4;;/h8,10H,5-7,9,16H2,1-4H3,(H,19,20)(H,17,18,21);2*1H. The van der Waals surface area contributed by atoms with Gasteiger partial charge in [-0.05, 0) is 12.8 Å². The first-order chi connectivity index (χ1) is 10.4. The fourth-order valence-corrected chi connectivity index (χ4v) is 2.68. The molecule has 140 valence electrons. The van der Waals surface area contributed by atoms with Crippen LogP contribution in [0.25, 0.3) is 0 Å². The van der Waals surface area contributed by atoms with E-state index in [9.17, 15) is 9.59 Å². The van der Waals surface area contributed by atoms with E-state index in [1.165, 1.54) is 11.3 Å². The first-order valence-corrected chi connectivity index (χ1v) is 8.50. The van der Waals surface area contributed by atoms with Gasteiger partial charge in [-0.25, -0.2) is 4.98 Å². The molecule has 0 radical (unpaired) electrons. The third-order valence-corrected chi connectivity index (χ3v) is 4.60. The Hall–Kier alpha value is -0.890. The van der Waals surface area contributed by atoms with Crippen LogP contribution in [0.3, 0.4) is 0 Å². The number of hydrogen-bond acceptors (Lipinski definition) is 5. The Labute approximate surface area is 160 Å². The summed E-state index contributed by atoms with van der Waals surface area (Å²) in [7, 11) is 0. The van der Waals surface area contributed by atoms with Crippen LogP contribution in [0.1, 0.15) is 46.2 Å². The van der Waals surface area contributed by atoms with Gasteiger partial charge in [0.2, 0.25) is 11.8 Å². The zero-order valence-corrected chi connectivity index (χ0v) is 17.0. The minimum absolute atomic E-state index is 0. The summed E-state index contributed by atoms with van der Waals surface area (Å²) in [6, 6.07) is 0. The minimum atomic E-state index is -0.345. The van der Waals surface area contributed by atoms with Gasteiger partial charge in [-0.3, -0.25) is 9.59 Å². The molecule has 4 N–H and O–H groups in total. The van der Waals surface area contributed by atoms with Crippen molar-refractivity contribution in [2.24, 2.45) is 11.7 Å². The molecule has 0 atom stereocenters. The molecule has 0 aromatic carbocycles. The van der Waals surface area contributed by atoms with Gasteiger partial charge in [0, 0.05) is 17.8 Å². The zero-order chi connectivity index (χ0) is 16.8. The number of aromatic nitrogens is 1. The number of nitrogens with zero attached hydrogens (tertiary/aromatic N) is 1. The lowest BCUT2D eigenvalue weighted by Gasteiger charge is -2.31. The number of carbonyl (C=O) groups is 2. The molecule has 1 aromatic heterocycles. The summed E-state index contributed by atoms with van der Waals surface area (Å²) in [4.78, 5) is 28.0. The Balaban J connectivity index is 0. The van der Waals surface area contributed by atoms with Crippen LogP contribution < -0.4 is 16.4 Å². The van der Waals surface area contributed by atoms with Gasteiger partial charge in [0.25, 0.3) is 0 Å². The van der Waals surface area contributed by atoms with Gasteiger partial charge in [-0.2, -0.15) is 0 Å².